The van der Waals surface area contributed by atoms with Gasteiger partial charge < -0.3 is 19.4 Å². The topological polar surface area (TPSA) is 82.6 Å². The average Bonchev–Trinajstić information content (AvgIpc) is 3.57. The Bertz CT molecular complexity index is 1360. The fraction of sp³-hybridized carbons (Fsp3) is 0.423. The molecule has 2 fully saturated rings. The van der Waals surface area contributed by atoms with Crippen LogP contribution < -0.4 is 10.8 Å². The zero-order valence-electron chi connectivity index (χ0n) is 21.6. The van der Waals surface area contributed by atoms with Gasteiger partial charge in [-0.05, 0) is 58.0 Å². The zero-order chi connectivity index (χ0) is 27.5. The number of hydrogen-bond acceptors (Lipinski definition) is 8. The number of thiazole rings is 1. The summed E-state index contributed by atoms with van der Waals surface area (Å²) in [7, 11) is 0.624. The first-order chi connectivity index (χ1) is 17.8. The van der Waals surface area contributed by atoms with Crippen LogP contribution in [0.2, 0.25) is 0 Å². The molecule has 0 bridgehead atoms. The Morgan fingerprint density at radius 2 is 1.76 bits per heavy atom. The van der Waals surface area contributed by atoms with E-state index in [1.54, 1.807) is 0 Å². The molecule has 0 radical (unpaired) electrons. The van der Waals surface area contributed by atoms with Crippen molar-refractivity contribution in [2.45, 2.75) is 63.8 Å². The third-order valence-corrected chi connectivity index (χ3v) is 8.29. The van der Waals surface area contributed by atoms with Crippen molar-refractivity contribution in [2.75, 3.05) is 12.4 Å². The number of anilines is 2. The van der Waals surface area contributed by atoms with Crippen molar-refractivity contribution in [2.24, 2.45) is 0 Å². The van der Waals surface area contributed by atoms with Gasteiger partial charge in [0.15, 0.2) is 5.13 Å². The summed E-state index contributed by atoms with van der Waals surface area (Å²) in [4.78, 5) is 21.9. The van der Waals surface area contributed by atoms with Crippen LogP contribution in [-0.2, 0) is 20.2 Å². The lowest BCUT2D eigenvalue weighted by Gasteiger charge is -2.32. The Morgan fingerprint density at radius 1 is 1.13 bits per heavy atom. The number of alkyl halides is 3. The second-order valence-corrected chi connectivity index (χ2v) is 11.5. The molecule has 1 saturated heterocycles. The minimum absolute atomic E-state index is 0.0522. The van der Waals surface area contributed by atoms with Gasteiger partial charge in [-0.1, -0.05) is 24.3 Å². The summed E-state index contributed by atoms with van der Waals surface area (Å²) >= 11 is 1.40. The summed E-state index contributed by atoms with van der Waals surface area (Å²) in [6.07, 6.45) is -1.90. The van der Waals surface area contributed by atoms with Gasteiger partial charge in [-0.15, -0.1) is 11.3 Å². The molecule has 1 aliphatic heterocycles. The molecule has 38 heavy (non-hydrogen) atoms. The highest BCUT2D eigenvalue weighted by molar-refractivity contribution is 7.16. The van der Waals surface area contributed by atoms with Crippen LogP contribution in [0.1, 0.15) is 67.3 Å². The minimum Gasteiger partial charge on any atom is -0.465 e. The highest BCUT2D eigenvalue weighted by Crippen LogP contribution is 2.48. The van der Waals surface area contributed by atoms with Gasteiger partial charge >= 0.3 is 19.3 Å². The number of nitrogens with one attached hydrogen (secondary N) is 1. The largest absolute Gasteiger partial charge is 0.494 e. The zero-order valence-corrected chi connectivity index (χ0v) is 22.4. The SMILES string of the molecule is COC(=O)c1cc(C(F)(F)F)cnc1Nc1nc(-c2ccc(B3OC(C)(C)C(C)(C)O3)cc2)c(C2CC2)s1. The van der Waals surface area contributed by atoms with Gasteiger partial charge in [0.1, 0.15) is 11.4 Å². The summed E-state index contributed by atoms with van der Waals surface area (Å²) in [5, 5.41) is 3.37. The third kappa shape index (κ3) is 5.04. The maximum absolute atomic E-state index is 13.2. The lowest BCUT2D eigenvalue weighted by atomic mass is 9.78. The van der Waals surface area contributed by atoms with Crippen LogP contribution in [0, 0.1) is 0 Å². The van der Waals surface area contributed by atoms with Crippen LogP contribution in [0.25, 0.3) is 11.3 Å². The second kappa shape index (κ2) is 9.35. The first-order valence-corrected chi connectivity index (χ1v) is 13.0. The van der Waals surface area contributed by atoms with E-state index in [-0.39, 0.29) is 11.4 Å². The van der Waals surface area contributed by atoms with Crippen LogP contribution in [0.15, 0.2) is 36.5 Å². The molecule has 1 saturated carbocycles. The highest BCUT2D eigenvalue weighted by Gasteiger charge is 2.51. The van der Waals surface area contributed by atoms with E-state index in [9.17, 15) is 18.0 Å². The summed E-state index contributed by atoms with van der Waals surface area (Å²) < 4.78 is 56.6. The highest BCUT2D eigenvalue weighted by atomic mass is 32.1. The number of carbonyl (C=O) groups excluding carboxylic acids is 1. The van der Waals surface area contributed by atoms with E-state index in [0.29, 0.717) is 17.2 Å². The molecule has 12 heteroatoms. The Balaban J connectivity index is 1.43. The molecule has 0 amide bonds. The smallest absolute Gasteiger partial charge is 0.465 e. The van der Waals surface area contributed by atoms with E-state index in [2.05, 4.69) is 15.0 Å². The van der Waals surface area contributed by atoms with Crippen LogP contribution >= 0.6 is 11.3 Å². The summed E-state index contributed by atoms with van der Waals surface area (Å²) in [5.41, 5.74) is 0.325. The molecule has 0 unspecified atom stereocenters. The van der Waals surface area contributed by atoms with Crippen LogP contribution in [0.3, 0.4) is 0 Å². The van der Waals surface area contributed by atoms with Crippen molar-refractivity contribution >= 4 is 40.8 Å². The molecule has 1 aliphatic carbocycles. The van der Waals surface area contributed by atoms with E-state index in [1.807, 2.05) is 52.0 Å². The average molecular weight is 545 g/mol. The maximum Gasteiger partial charge on any atom is 0.494 e. The molecule has 1 aromatic carbocycles. The fourth-order valence-corrected chi connectivity index (χ4v) is 5.23. The Hall–Kier alpha value is -2.96. The van der Waals surface area contributed by atoms with Gasteiger partial charge in [-0.2, -0.15) is 13.2 Å². The van der Waals surface area contributed by atoms with E-state index < -0.39 is 36.0 Å². The molecule has 200 valence electrons. The number of methoxy groups -OCH3 is 1. The number of nitrogens with zero attached hydrogens (tertiary/aromatic N) is 2. The summed E-state index contributed by atoms with van der Waals surface area (Å²) in [6, 6.07) is 8.55. The van der Waals surface area contributed by atoms with Crippen LogP contribution in [0.5, 0.6) is 0 Å². The molecule has 5 rings (SSSR count). The van der Waals surface area contributed by atoms with Crippen LogP contribution in [-0.4, -0.2) is 41.4 Å². The standard InChI is InChI=1S/C26H27BF3N3O4S/c1-24(2)25(3,4)37-27(36-24)17-10-8-14(9-11-17)19-20(15-6-7-15)38-23(32-19)33-21-18(22(34)35-5)12-16(13-31-21)26(28,29)30/h8-13,15H,6-7H2,1-5H3,(H,31,32,33). The molecule has 7 nitrogen and oxygen atoms in total. The quantitative estimate of drug-likeness (QED) is 0.304. The third-order valence-electron chi connectivity index (χ3n) is 7.16. The van der Waals surface area contributed by atoms with Crippen molar-refractivity contribution in [3.8, 4) is 11.3 Å². The Labute approximate surface area is 222 Å². The number of hydrogen-bond donors (Lipinski definition) is 1. The second-order valence-electron chi connectivity index (χ2n) is 10.5. The molecule has 0 atom stereocenters. The lowest BCUT2D eigenvalue weighted by Crippen LogP contribution is -2.41. The fourth-order valence-electron chi connectivity index (χ4n) is 4.08. The molecular weight excluding hydrogens is 518 g/mol. The number of benzene rings is 1. The summed E-state index contributed by atoms with van der Waals surface area (Å²) in [5.74, 6) is -0.617. The first kappa shape index (κ1) is 26.6. The maximum atomic E-state index is 13.2. The number of halogens is 3. The number of esters is 1. The van der Waals surface area contributed by atoms with Crippen molar-refractivity contribution in [1.29, 1.82) is 0 Å². The van der Waals surface area contributed by atoms with Gasteiger partial charge in [-0.3, -0.25) is 0 Å². The minimum atomic E-state index is -4.64. The van der Waals surface area contributed by atoms with Crippen LogP contribution in [0.4, 0.5) is 24.1 Å². The van der Waals surface area contributed by atoms with E-state index >= 15 is 0 Å². The number of rotatable bonds is 6. The molecule has 3 heterocycles. The van der Waals surface area contributed by atoms with E-state index in [4.69, 9.17) is 14.3 Å². The van der Waals surface area contributed by atoms with Crippen molar-refractivity contribution in [3.63, 3.8) is 0 Å². The Morgan fingerprint density at radius 3 is 2.32 bits per heavy atom. The number of aromatic nitrogens is 2. The molecule has 2 aromatic heterocycles. The first-order valence-electron chi connectivity index (χ1n) is 12.2. The van der Waals surface area contributed by atoms with Gasteiger partial charge in [0.2, 0.25) is 0 Å². The predicted octanol–water partition coefficient (Wildman–Crippen LogP) is 5.93. The molecule has 1 N–H and O–H groups in total. The van der Waals surface area contributed by atoms with Crippen molar-refractivity contribution in [3.05, 3.63) is 52.5 Å². The van der Waals surface area contributed by atoms with Gasteiger partial charge in [0, 0.05) is 16.6 Å². The predicted molar refractivity (Wildman–Crippen MR) is 139 cm³/mol. The van der Waals surface area contributed by atoms with Crippen molar-refractivity contribution < 1.29 is 32.0 Å². The van der Waals surface area contributed by atoms with Gasteiger partial charge in [0.05, 0.1) is 29.6 Å². The molecular formula is C26H27BF3N3O4S. The normalized spacial score (nSPS) is 18.5. The Kier molecular flexibility index (Phi) is 6.56. The van der Waals surface area contributed by atoms with Gasteiger partial charge in [0.25, 0.3) is 0 Å². The monoisotopic (exact) mass is 545 g/mol. The van der Waals surface area contributed by atoms with Crippen molar-refractivity contribution in [1.82, 2.24) is 9.97 Å². The number of carbonyl (C=O) groups is 1. The van der Waals surface area contributed by atoms with E-state index in [0.717, 1.165) is 47.6 Å². The summed E-state index contributed by atoms with van der Waals surface area (Å²) in [6.45, 7) is 8.02. The number of ether oxygens (including phenoxy) is 1. The van der Waals surface area contributed by atoms with E-state index in [1.165, 1.54) is 11.3 Å². The molecule has 2 aliphatic rings. The van der Waals surface area contributed by atoms with Gasteiger partial charge in [-0.25, -0.2) is 14.8 Å². The molecule has 0 spiro atoms. The molecule has 3 aromatic rings. The lowest BCUT2D eigenvalue weighted by molar-refractivity contribution is -0.137. The number of pyridine rings is 1.